The Morgan fingerprint density at radius 1 is 1.27 bits per heavy atom. The van der Waals surface area contributed by atoms with Crippen LogP contribution in [0.4, 0.5) is 5.69 Å². The van der Waals surface area contributed by atoms with E-state index >= 15 is 0 Å². The van der Waals surface area contributed by atoms with Crippen LogP contribution in [0.5, 0.6) is 0 Å². The molecule has 1 aromatic heterocycles. The monoisotopic (exact) mass is 205 g/mol. The van der Waals surface area contributed by atoms with Gasteiger partial charge >= 0.3 is 0 Å². The zero-order chi connectivity index (χ0) is 10.5. The maximum absolute atomic E-state index is 4.03. The van der Waals surface area contributed by atoms with Crippen LogP contribution in [0.25, 0.3) is 0 Å². The van der Waals surface area contributed by atoms with Crippen LogP contribution in [0.1, 0.15) is 12.8 Å². The Hall–Kier alpha value is -1.09. The van der Waals surface area contributed by atoms with Crippen LogP contribution in [0.2, 0.25) is 0 Å². The number of likely N-dealkylation sites (tertiary alicyclic amines) is 1. The molecule has 3 nitrogen and oxygen atoms in total. The Kier molecular flexibility index (Phi) is 3.56. The highest BCUT2D eigenvalue weighted by Crippen LogP contribution is 2.11. The molecule has 82 valence electrons. The fourth-order valence-corrected chi connectivity index (χ4v) is 2.03. The molecule has 3 heteroatoms. The van der Waals surface area contributed by atoms with E-state index in [0.29, 0.717) is 0 Å². The standard InChI is InChI=1S/C12H19N3/c1-14(12-4-6-13-7-5-12)10-11-15-8-2-3-9-15/h4-7H,2-3,8-11H2,1H3. The first-order valence-electron chi connectivity index (χ1n) is 5.70. The molecule has 0 bridgehead atoms. The maximum Gasteiger partial charge on any atom is 0.0394 e. The van der Waals surface area contributed by atoms with Crippen molar-refractivity contribution in [2.75, 3.05) is 38.1 Å². The Balaban J connectivity index is 1.79. The van der Waals surface area contributed by atoms with Gasteiger partial charge in [0.15, 0.2) is 0 Å². The summed E-state index contributed by atoms with van der Waals surface area (Å²) in [6, 6.07) is 4.12. The van der Waals surface area contributed by atoms with Crippen molar-refractivity contribution in [3.63, 3.8) is 0 Å². The van der Waals surface area contributed by atoms with Gasteiger partial charge in [0.05, 0.1) is 0 Å². The van der Waals surface area contributed by atoms with Crippen LogP contribution in [0.3, 0.4) is 0 Å². The summed E-state index contributed by atoms with van der Waals surface area (Å²) in [5.41, 5.74) is 1.25. The minimum Gasteiger partial charge on any atom is -0.373 e. The molecule has 1 aromatic rings. The SMILES string of the molecule is CN(CCN1CCCC1)c1ccncc1. The van der Waals surface area contributed by atoms with Gasteiger partial charge in [-0.1, -0.05) is 0 Å². The molecule has 1 fully saturated rings. The first-order chi connectivity index (χ1) is 7.36. The van der Waals surface area contributed by atoms with Crippen molar-refractivity contribution in [2.24, 2.45) is 0 Å². The topological polar surface area (TPSA) is 19.4 Å². The average molecular weight is 205 g/mol. The second-order valence-corrected chi connectivity index (χ2v) is 4.18. The molecule has 0 saturated carbocycles. The third-order valence-corrected chi connectivity index (χ3v) is 3.05. The third-order valence-electron chi connectivity index (χ3n) is 3.05. The molecule has 0 unspecified atom stereocenters. The molecule has 0 aromatic carbocycles. The van der Waals surface area contributed by atoms with Gasteiger partial charge in [-0.15, -0.1) is 0 Å². The van der Waals surface area contributed by atoms with Crippen LogP contribution in [0.15, 0.2) is 24.5 Å². The second-order valence-electron chi connectivity index (χ2n) is 4.18. The number of rotatable bonds is 4. The van der Waals surface area contributed by atoms with Gasteiger partial charge in [0.2, 0.25) is 0 Å². The van der Waals surface area contributed by atoms with Gasteiger partial charge in [-0.25, -0.2) is 0 Å². The lowest BCUT2D eigenvalue weighted by Crippen LogP contribution is -2.31. The predicted octanol–water partition coefficient (Wildman–Crippen LogP) is 1.61. The van der Waals surface area contributed by atoms with Gasteiger partial charge in [-0.05, 0) is 38.1 Å². The van der Waals surface area contributed by atoms with Crippen LogP contribution in [-0.2, 0) is 0 Å². The van der Waals surface area contributed by atoms with E-state index in [0.717, 1.165) is 6.54 Å². The Labute approximate surface area is 91.7 Å². The van der Waals surface area contributed by atoms with Crippen molar-refractivity contribution in [3.8, 4) is 0 Å². The normalized spacial score (nSPS) is 16.9. The van der Waals surface area contributed by atoms with E-state index in [1.165, 1.54) is 38.2 Å². The number of hydrogen-bond acceptors (Lipinski definition) is 3. The largest absolute Gasteiger partial charge is 0.373 e. The molecule has 0 radical (unpaired) electrons. The number of likely N-dealkylation sites (N-methyl/N-ethyl adjacent to an activating group) is 1. The van der Waals surface area contributed by atoms with E-state index in [4.69, 9.17) is 0 Å². The molecule has 1 aliphatic rings. The minimum atomic E-state index is 1.10. The van der Waals surface area contributed by atoms with Crippen molar-refractivity contribution < 1.29 is 0 Å². The zero-order valence-corrected chi connectivity index (χ0v) is 9.39. The van der Waals surface area contributed by atoms with Crippen molar-refractivity contribution in [3.05, 3.63) is 24.5 Å². The molecule has 1 aliphatic heterocycles. The maximum atomic E-state index is 4.03. The van der Waals surface area contributed by atoms with E-state index in [2.05, 4.69) is 34.0 Å². The quantitative estimate of drug-likeness (QED) is 0.744. The van der Waals surface area contributed by atoms with E-state index in [-0.39, 0.29) is 0 Å². The number of aromatic nitrogens is 1. The molecular formula is C12H19N3. The van der Waals surface area contributed by atoms with E-state index < -0.39 is 0 Å². The minimum absolute atomic E-state index is 1.10. The van der Waals surface area contributed by atoms with Gasteiger partial charge in [0.1, 0.15) is 0 Å². The summed E-state index contributed by atoms with van der Waals surface area (Å²) in [5.74, 6) is 0. The van der Waals surface area contributed by atoms with Crippen LogP contribution in [-0.4, -0.2) is 43.1 Å². The van der Waals surface area contributed by atoms with Crippen LogP contribution in [0, 0.1) is 0 Å². The van der Waals surface area contributed by atoms with Gasteiger partial charge in [-0.3, -0.25) is 4.98 Å². The molecule has 2 heterocycles. The van der Waals surface area contributed by atoms with Gasteiger partial charge in [0, 0.05) is 38.2 Å². The lowest BCUT2D eigenvalue weighted by atomic mass is 10.3. The molecule has 15 heavy (non-hydrogen) atoms. The summed E-state index contributed by atoms with van der Waals surface area (Å²) >= 11 is 0. The second kappa shape index (κ2) is 5.12. The van der Waals surface area contributed by atoms with Gasteiger partial charge in [0.25, 0.3) is 0 Å². The molecular weight excluding hydrogens is 186 g/mol. The highest BCUT2D eigenvalue weighted by atomic mass is 15.2. The Morgan fingerprint density at radius 3 is 2.60 bits per heavy atom. The molecule has 0 N–H and O–H groups in total. The molecule has 1 saturated heterocycles. The fraction of sp³-hybridized carbons (Fsp3) is 0.583. The Bertz CT molecular complexity index is 280. The van der Waals surface area contributed by atoms with Gasteiger partial charge < -0.3 is 9.80 Å². The highest BCUT2D eigenvalue weighted by molar-refractivity contribution is 5.43. The summed E-state index contributed by atoms with van der Waals surface area (Å²) in [6.07, 6.45) is 6.45. The number of pyridine rings is 1. The number of hydrogen-bond donors (Lipinski definition) is 0. The van der Waals surface area contributed by atoms with E-state index in [1.54, 1.807) is 0 Å². The van der Waals surface area contributed by atoms with E-state index in [1.807, 2.05) is 12.4 Å². The predicted molar refractivity (Wildman–Crippen MR) is 63.2 cm³/mol. The van der Waals surface area contributed by atoms with Crippen LogP contribution < -0.4 is 4.90 Å². The number of nitrogens with zero attached hydrogens (tertiary/aromatic N) is 3. The summed E-state index contributed by atoms with van der Waals surface area (Å²) in [6.45, 7) is 4.84. The van der Waals surface area contributed by atoms with Crippen molar-refractivity contribution in [1.82, 2.24) is 9.88 Å². The van der Waals surface area contributed by atoms with Gasteiger partial charge in [-0.2, -0.15) is 0 Å². The third kappa shape index (κ3) is 2.93. The first kappa shape index (κ1) is 10.4. The fourth-order valence-electron chi connectivity index (χ4n) is 2.03. The lowest BCUT2D eigenvalue weighted by Gasteiger charge is -2.22. The van der Waals surface area contributed by atoms with Crippen molar-refractivity contribution in [1.29, 1.82) is 0 Å². The smallest absolute Gasteiger partial charge is 0.0394 e. The molecule has 2 rings (SSSR count). The lowest BCUT2D eigenvalue weighted by molar-refractivity contribution is 0.346. The highest BCUT2D eigenvalue weighted by Gasteiger charge is 2.11. The van der Waals surface area contributed by atoms with E-state index in [9.17, 15) is 0 Å². The Morgan fingerprint density at radius 2 is 1.93 bits per heavy atom. The summed E-state index contributed by atoms with van der Waals surface area (Å²) in [5, 5.41) is 0. The molecule has 0 atom stereocenters. The molecule has 0 amide bonds. The van der Waals surface area contributed by atoms with Crippen molar-refractivity contribution >= 4 is 5.69 Å². The molecule has 0 aliphatic carbocycles. The zero-order valence-electron chi connectivity index (χ0n) is 9.39. The van der Waals surface area contributed by atoms with Crippen LogP contribution >= 0.6 is 0 Å². The molecule has 0 spiro atoms. The summed E-state index contributed by atoms with van der Waals surface area (Å²) < 4.78 is 0. The van der Waals surface area contributed by atoms with Crippen molar-refractivity contribution in [2.45, 2.75) is 12.8 Å². The summed E-state index contributed by atoms with van der Waals surface area (Å²) in [4.78, 5) is 8.86. The summed E-state index contributed by atoms with van der Waals surface area (Å²) in [7, 11) is 2.14. The average Bonchev–Trinajstić information content (AvgIpc) is 2.80. The first-order valence-corrected chi connectivity index (χ1v) is 5.70. The number of anilines is 1.